The van der Waals surface area contributed by atoms with Crippen LogP contribution in [-0.2, 0) is 6.42 Å². The second-order valence-corrected chi connectivity index (χ2v) is 7.47. The summed E-state index contributed by atoms with van der Waals surface area (Å²) in [6, 6.07) is 25.7. The average molecular weight is 361 g/mol. The van der Waals surface area contributed by atoms with Crippen molar-refractivity contribution in [2.75, 3.05) is 0 Å². The number of benzene rings is 3. The number of hydrogen-bond acceptors (Lipinski definition) is 1. The third-order valence-corrected chi connectivity index (χ3v) is 5.77. The zero-order valence-electron chi connectivity index (χ0n) is 15.6. The number of aromatic nitrogens is 3. The monoisotopic (exact) mass is 361 g/mol. The van der Waals surface area contributed by atoms with E-state index >= 15 is 0 Å². The van der Waals surface area contributed by atoms with Gasteiger partial charge in [0.25, 0.3) is 0 Å². The summed E-state index contributed by atoms with van der Waals surface area (Å²) in [7, 11) is 0. The topological polar surface area (TPSA) is 44.5 Å². The van der Waals surface area contributed by atoms with Crippen molar-refractivity contribution in [2.24, 2.45) is 0 Å². The predicted molar refractivity (Wildman–Crippen MR) is 114 cm³/mol. The molecule has 28 heavy (non-hydrogen) atoms. The van der Waals surface area contributed by atoms with Crippen LogP contribution in [0.5, 0.6) is 0 Å². The Morgan fingerprint density at radius 1 is 0.750 bits per heavy atom. The van der Waals surface area contributed by atoms with Crippen LogP contribution >= 0.6 is 0 Å². The van der Waals surface area contributed by atoms with Crippen molar-refractivity contribution >= 4 is 10.9 Å². The first-order valence-corrected chi connectivity index (χ1v) is 9.64. The molecule has 2 aromatic heterocycles. The molecule has 0 saturated carbocycles. The van der Waals surface area contributed by atoms with Crippen molar-refractivity contribution in [1.82, 2.24) is 15.0 Å². The molecule has 0 spiro atoms. The maximum atomic E-state index is 5.13. The minimum absolute atomic E-state index is 0.923. The van der Waals surface area contributed by atoms with Gasteiger partial charge in [0.15, 0.2) is 0 Å². The molecule has 0 aliphatic heterocycles. The van der Waals surface area contributed by atoms with Crippen LogP contribution < -0.4 is 0 Å². The van der Waals surface area contributed by atoms with Crippen LogP contribution in [0.1, 0.15) is 16.8 Å². The summed E-state index contributed by atoms with van der Waals surface area (Å²) in [5.74, 6) is 0.923. The van der Waals surface area contributed by atoms with Crippen LogP contribution in [0.25, 0.3) is 44.8 Å². The molecule has 134 valence electrons. The highest BCUT2D eigenvalue weighted by molar-refractivity contribution is 5.97. The van der Waals surface area contributed by atoms with Gasteiger partial charge in [-0.2, -0.15) is 0 Å². The number of rotatable bonds is 1. The predicted octanol–water partition coefficient (Wildman–Crippen LogP) is 6.10. The Kier molecular flexibility index (Phi) is 3.15. The van der Waals surface area contributed by atoms with Gasteiger partial charge in [-0.1, -0.05) is 66.7 Å². The molecule has 5 aromatic rings. The summed E-state index contributed by atoms with van der Waals surface area (Å²) in [6.45, 7) is 2.12. The molecular formula is C25H19N3. The molecule has 3 aromatic carbocycles. The Labute approximate surface area is 163 Å². The SMILES string of the molecule is Cc1[nH]c2ccccc2c1-c1nc2c([nH]1)-c1ccccc1Cc1ccccc1-2. The van der Waals surface area contributed by atoms with Gasteiger partial charge < -0.3 is 9.97 Å². The summed E-state index contributed by atoms with van der Waals surface area (Å²) in [5, 5.41) is 1.20. The average Bonchev–Trinajstić information content (AvgIpc) is 3.25. The third-order valence-electron chi connectivity index (χ3n) is 5.77. The Bertz CT molecular complexity index is 1290. The molecule has 1 aliphatic carbocycles. The molecule has 0 bridgehead atoms. The van der Waals surface area contributed by atoms with E-state index in [1.165, 1.54) is 27.6 Å². The molecule has 2 heterocycles. The van der Waals surface area contributed by atoms with Crippen molar-refractivity contribution in [1.29, 1.82) is 0 Å². The lowest BCUT2D eigenvalue weighted by Gasteiger charge is -2.06. The van der Waals surface area contributed by atoms with Crippen molar-refractivity contribution in [3.8, 4) is 33.9 Å². The summed E-state index contributed by atoms with van der Waals surface area (Å²) >= 11 is 0. The highest BCUT2D eigenvalue weighted by Gasteiger charge is 2.24. The summed E-state index contributed by atoms with van der Waals surface area (Å²) in [6.07, 6.45) is 0.929. The third kappa shape index (κ3) is 2.13. The molecule has 0 unspecified atom stereocenters. The van der Waals surface area contributed by atoms with Crippen LogP contribution in [0.4, 0.5) is 0 Å². The molecule has 0 saturated heterocycles. The van der Waals surface area contributed by atoms with E-state index in [4.69, 9.17) is 4.98 Å². The van der Waals surface area contributed by atoms with Crippen molar-refractivity contribution in [3.63, 3.8) is 0 Å². The number of nitrogens with one attached hydrogen (secondary N) is 2. The van der Waals surface area contributed by atoms with E-state index in [-0.39, 0.29) is 0 Å². The zero-order valence-corrected chi connectivity index (χ0v) is 15.6. The number of aryl methyl sites for hydroxylation is 1. The van der Waals surface area contributed by atoms with E-state index in [0.29, 0.717) is 0 Å². The highest BCUT2D eigenvalue weighted by atomic mass is 15.0. The minimum atomic E-state index is 0.923. The largest absolute Gasteiger partial charge is 0.358 e. The number of nitrogens with zero attached hydrogens (tertiary/aromatic N) is 1. The second kappa shape index (κ2) is 5.70. The van der Waals surface area contributed by atoms with E-state index in [1.807, 2.05) is 0 Å². The smallest absolute Gasteiger partial charge is 0.140 e. The maximum absolute atomic E-state index is 5.13. The van der Waals surface area contributed by atoms with Crippen molar-refractivity contribution < 1.29 is 0 Å². The number of hydrogen-bond donors (Lipinski definition) is 2. The first kappa shape index (κ1) is 15.5. The van der Waals surface area contributed by atoms with Crippen LogP contribution in [0, 0.1) is 6.92 Å². The van der Waals surface area contributed by atoms with E-state index in [9.17, 15) is 0 Å². The van der Waals surface area contributed by atoms with Gasteiger partial charge in [0.2, 0.25) is 0 Å². The molecular weight excluding hydrogens is 342 g/mol. The molecule has 0 fully saturated rings. The number of imidazole rings is 1. The quantitative estimate of drug-likeness (QED) is 0.365. The summed E-state index contributed by atoms with van der Waals surface area (Å²) in [4.78, 5) is 12.3. The highest BCUT2D eigenvalue weighted by Crippen LogP contribution is 2.41. The lowest BCUT2D eigenvalue weighted by Crippen LogP contribution is -1.91. The molecule has 3 heteroatoms. The van der Waals surface area contributed by atoms with E-state index in [0.717, 1.165) is 40.4 Å². The summed E-state index contributed by atoms with van der Waals surface area (Å²) < 4.78 is 0. The van der Waals surface area contributed by atoms with E-state index in [1.54, 1.807) is 0 Å². The molecule has 0 amide bonds. The standard InChI is InChI=1S/C25H19N3/c1-15-22(20-12-6-7-13-21(20)26-15)25-27-23-18-10-4-2-8-16(18)14-17-9-3-5-11-19(17)24(23)28-25/h2-13,26H,14H2,1H3,(H,27,28). The normalized spacial score (nSPS) is 12.3. The summed E-state index contributed by atoms with van der Waals surface area (Å²) in [5.41, 5.74) is 10.7. The van der Waals surface area contributed by atoms with Crippen molar-refractivity contribution in [2.45, 2.75) is 13.3 Å². The maximum Gasteiger partial charge on any atom is 0.140 e. The zero-order chi connectivity index (χ0) is 18.7. The Morgan fingerprint density at radius 3 is 2.29 bits per heavy atom. The van der Waals surface area contributed by atoms with Gasteiger partial charge in [-0.25, -0.2) is 4.98 Å². The molecule has 6 rings (SSSR count). The first-order chi connectivity index (χ1) is 13.8. The lowest BCUT2D eigenvalue weighted by atomic mass is 10.00. The Hall–Kier alpha value is -3.59. The van der Waals surface area contributed by atoms with Gasteiger partial charge in [-0.05, 0) is 30.5 Å². The van der Waals surface area contributed by atoms with Gasteiger partial charge in [0.1, 0.15) is 5.82 Å². The number of H-pyrrole nitrogens is 2. The Morgan fingerprint density at radius 2 is 1.43 bits per heavy atom. The number of para-hydroxylation sites is 1. The molecule has 3 nitrogen and oxygen atoms in total. The fraction of sp³-hybridized carbons (Fsp3) is 0.0800. The molecule has 0 atom stereocenters. The van der Waals surface area contributed by atoms with E-state index < -0.39 is 0 Å². The van der Waals surface area contributed by atoms with Gasteiger partial charge >= 0.3 is 0 Å². The van der Waals surface area contributed by atoms with Crippen LogP contribution in [-0.4, -0.2) is 15.0 Å². The Balaban J connectivity index is 1.68. The van der Waals surface area contributed by atoms with Gasteiger partial charge in [-0.3, -0.25) is 0 Å². The molecule has 2 N–H and O–H groups in total. The van der Waals surface area contributed by atoms with Gasteiger partial charge in [0, 0.05) is 33.3 Å². The van der Waals surface area contributed by atoms with Crippen LogP contribution in [0.15, 0.2) is 72.8 Å². The van der Waals surface area contributed by atoms with E-state index in [2.05, 4.69) is 89.7 Å². The van der Waals surface area contributed by atoms with Gasteiger partial charge in [0.05, 0.1) is 11.4 Å². The molecule has 1 aliphatic rings. The first-order valence-electron chi connectivity index (χ1n) is 9.64. The molecule has 0 radical (unpaired) electrons. The van der Waals surface area contributed by atoms with Gasteiger partial charge in [-0.15, -0.1) is 0 Å². The number of aromatic amines is 2. The van der Waals surface area contributed by atoms with Crippen molar-refractivity contribution in [3.05, 3.63) is 89.6 Å². The van der Waals surface area contributed by atoms with Crippen LogP contribution in [0.2, 0.25) is 0 Å². The lowest BCUT2D eigenvalue weighted by molar-refractivity contribution is 1.19. The van der Waals surface area contributed by atoms with Crippen LogP contribution in [0.3, 0.4) is 0 Å². The number of fused-ring (bicyclic) bond motifs is 6. The minimum Gasteiger partial charge on any atom is -0.358 e. The fourth-order valence-electron chi connectivity index (χ4n) is 4.49. The second-order valence-electron chi connectivity index (χ2n) is 7.47. The fourth-order valence-corrected chi connectivity index (χ4v) is 4.49.